The second kappa shape index (κ2) is 8.39. The number of para-hydroxylation sites is 1. The number of nitrogens with one attached hydrogen (secondary N) is 2. The lowest BCUT2D eigenvalue weighted by molar-refractivity contribution is -0.120. The van der Waals surface area contributed by atoms with Gasteiger partial charge in [-0.3, -0.25) is 9.59 Å². The monoisotopic (exact) mass is 389 g/mol. The molecule has 0 radical (unpaired) electrons. The summed E-state index contributed by atoms with van der Waals surface area (Å²) in [6.07, 6.45) is 1.54. The Morgan fingerprint density at radius 3 is 2.59 bits per heavy atom. The van der Waals surface area contributed by atoms with E-state index in [-0.39, 0.29) is 24.9 Å². The van der Waals surface area contributed by atoms with Crippen molar-refractivity contribution < 1.29 is 14.0 Å². The summed E-state index contributed by atoms with van der Waals surface area (Å²) in [6.45, 7) is 0.733. The summed E-state index contributed by atoms with van der Waals surface area (Å²) in [6, 6.07) is 18.4. The average Bonchev–Trinajstić information content (AvgIpc) is 3.41. The minimum atomic E-state index is -0.309. The molecule has 0 fully saturated rings. The first-order chi connectivity index (χ1) is 14.2. The van der Waals surface area contributed by atoms with E-state index in [0.29, 0.717) is 17.9 Å². The van der Waals surface area contributed by atoms with Gasteiger partial charge in [0, 0.05) is 5.56 Å². The Labute approximate surface area is 166 Å². The molecule has 0 saturated heterocycles. The van der Waals surface area contributed by atoms with E-state index in [2.05, 4.69) is 20.9 Å². The molecule has 0 aliphatic carbocycles. The number of benzene rings is 2. The summed E-state index contributed by atoms with van der Waals surface area (Å²) in [4.78, 5) is 24.1. The number of amides is 2. The zero-order valence-electron chi connectivity index (χ0n) is 15.5. The fourth-order valence-corrected chi connectivity index (χ4v) is 2.89. The first kappa shape index (κ1) is 18.4. The van der Waals surface area contributed by atoms with E-state index in [9.17, 15) is 9.59 Å². The Bertz CT molecular complexity index is 1120. The van der Waals surface area contributed by atoms with Crippen molar-refractivity contribution in [1.82, 2.24) is 25.6 Å². The van der Waals surface area contributed by atoms with Crippen LogP contribution in [-0.2, 0) is 17.9 Å². The van der Waals surface area contributed by atoms with Crippen LogP contribution in [0.15, 0.2) is 71.3 Å². The zero-order chi connectivity index (χ0) is 20.1. The summed E-state index contributed by atoms with van der Waals surface area (Å²) in [5.74, 6) is 0.0563. The summed E-state index contributed by atoms with van der Waals surface area (Å²) in [7, 11) is 0. The molecule has 2 heterocycles. The average molecular weight is 389 g/mol. The molecule has 2 N–H and O–H groups in total. The number of fused-ring (bicyclic) bond motifs is 1. The highest BCUT2D eigenvalue weighted by Gasteiger charge is 2.09. The fourth-order valence-electron chi connectivity index (χ4n) is 2.89. The van der Waals surface area contributed by atoms with Gasteiger partial charge >= 0.3 is 0 Å². The topological polar surface area (TPSA) is 102 Å². The van der Waals surface area contributed by atoms with Gasteiger partial charge in [0.05, 0.1) is 31.4 Å². The van der Waals surface area contributed by atoms with Crippen LogP contribution in [0.1, 0.15) is 21.7 Å². The number of furan rings is 1. The molecule has 0 bridgehead atoms. The SMILES string of the molecule is O=C(CNC(=O)c1ccc(Cn2nnc3ccccc32)cc1)NCc1ccco1. The quantitative estimate of drug-likeness (QED) is 0.504. The van der Waals surface area contributed by atoms with Crippen LogP contribution in [0.4, 0.5) is 0 Å². The highest BCUT2D eigenvalue weighted by atomic mass is 16.3. The molecule has 29 heavy (non-hydrogen) atoms. The van der Waals surface area contributed by atoms with Gasteiger partial charge in [-0.05, 0) is 42.0 Å². The second-order valence-corrected chi connectivity index (χ2v) is 6.47. The van der Waals surface area contributed by atoms with Gasteiger partial charge in [-0.25, -0.2) is 4.68 Å². The van der Waals surface area contributed by atoms with Crippen molar-refractivity contribution in [3.8, 4) is 0 Å². The van der Waals surface area contributed by atoms with E-state index in [1.54, 1.807) is 24.3 Å². The molecule has 0 aliphatic heterocycles. The van der Waals surface area contributed by atoms with E-state index >= 15 is 0 Å². The Balaban J connectivity index is 1.30. The maximum Gasteiger partial charge on any atom is 0.251 e. The highest BCUT2D eigenvalue weighted by Crippen LogP contribution is 2.13. The van der Waals surface area contributed by atoms with Crippen molar-refractivity contribution in [3.63, 3.8) is 0 Å². The molecule has 2 amide bonds. The number of nitrogens with zero attached hydrogens (tertiary/aromatic N) is 3. The number of carbonyl (C=O) groups is 2. The van der Waals surface area contributed by atoms with Crippen LogP contribution >= 0.6 is 0 Å². The van der Waals surface area contributed by atoms with Gasteiger partial charge in [0.2, 0.25) is 5.91 Å². The van der Waals surface area contributed by atoms with Crippen LogP contribution in [0.2, 0.25) is 0 Å². The number of aromatic nitrogens is 3. The summed E-state index contributed by atoms with van der Waals surface area (Å²) >= 11 is 0. The molecule has 2 aromatic carbocycles. The predicted octanol–water partition coefficient (Wildman–Crippen LogP) is 2.12. The summed E-state index contributed by atoms with van der Waals surface area (Å²) < 4.78 is 6.95. The Hall–Kier alpha value is -3.94. The maximum atomic E-state index is 12.2. The van der Waals surface area contributed by atoms with Crippen LogP contribution < -0.4 is 10.6 Å². The third kappa shape index (κ3) is 4.49. The largest absolute Gasteiger partial charge is 0.467 e. The molecule has 4 rings (SSSR count). The molecule has 2 aromatic heterocycles. The lowest BCUT2D eigenvalue weighted by Gasteiger charge is -2.07. The Morgan fingerprint density at radius 2 is 1.79 bits per heavy atom. The predicted molar refractivity (Wildman–Crippen MR) is 106 cm³/mol. The van der Waals surface area contributed by atoms with Gasteiger partial charge in [0.25, 0.3) is 5.91 Å². The lowest BCUT2D eigenvalue weighted by Crippen LogP contribution is -2.36. The second-order valence-electron chi connectivity index (χ2n) is 6.47. The Morgan fingerprint density at radius 1 is 0.966 bits per heavy atom. The highest BCUT2D eigenvalue weighted by molar-refractivity contribution is 5.96. The van der Waals surface area contributed by atoms with Gasteiger partial charge in [0.1, 0.15) is 11.3 Å². The van der Waals surface area contributed by atoms with E-state index in [1.165, 1.54) is 6.26 Å². The summed E-state index contributed by atoms with van der Waals surface area (Å²) in [5, 5.41) is 13.6. The number of hydrogen-bond donors (Lipinski definition) is 2. The van der Waals surface area contributed by atoms with Gasteiger partial charge in [0.15, 0.2) is 0 Å². The number of carbonyl (C=O) groups excluding carboxylic acids is 2. The molecule has 0 atom stereocenters. The third-order valence-electron chi connectivity index (χ3n) is 4.42. The molecule has 0 aliphatic rings. The minimum Gasteiger partial charge on any atom is -0.467 e. The number of rotatable bonds is 7. The molecule has 8 heteroatoms. The third-order valence-corrected chi connectivity index (χ3v) is 4.42. The molecular weight excluding hydrogens is 370 g/mol. The normalized spacial score (nSPS) is 10.8. The Kier molecular flexibility index (Phi) is 5.33. The van der Waals surface area contributed by atoms with Crippen LogP contribution in [0, 0.1) is 0 Å². The van der Waals surface area contributed by atoms with Crippen molar-refractivity contribution in [2.24, 2.45) is 0 Å². The van der Waals surface area contributed by atoms with E-state index in [1.807, 2.05) is 41.1 Å². The fraction of sp³-hybridized carbons (Fsp3) is 0.143. The van der Waals surface area contributed by atoms with E-state index in [4.69, 9.17) is 4.42 Å². The van der Waals surface area contributed by atoms with Crippen molar-refractivity contribution >= 4 is 22.8 Å². The van der Waals surface area contributed by atoms with Crippen LogP contribution in [-0.4, -0.2) is 33.4 Å². The number of hydrogen-bond acceptors (Lipinski definition) is 5. The molecule has 4 aromatic rings. The van der Waals surface area contributed by atoms with Crippen molar-refractivity contribution in [2.75, 3.05) is 6.54 Å². The van der Waals surface area contributed by atoms with Gasteiger partial charge in [-0.1, -0.05) is 29.5 Å². The van der Waals surface area contributed by atoms with Crippen molar-refractivity contribution in [2.45, 2.75) is 13.1 Å². The molecule has 146 valence electrons. The van der Waals surface area contributed by atoms with Crippen molar-refractivity contribution in [3.05, 3.63) is 83.8 Å². The van der Waals surface area contributed by atoms with Crippen LogP contribution in [0.25, 0.3) is 11.0 Å². The lowest BCUT2D eigenvalue weighted by atomic mass is 10.1. The van der Waals surface area contributed by atoms with Gasteiger partial charge in [-0.15, -0.1) is 5.10 Å². The van der Waals surface area contributed by atoms with E-state index in [0.717, 1.165) is 16.6 Å². The zero-order valence-corrected chi connectivity index (χ0v) is 15.5. The molecular formula is C21H19N5O3. The molecule has 8 nitrogen and oxygen atoms in total. The van der Waals surface area contributed by atoms with Crippen LogP contribution in [0.3, 0.4) is 0 Å². The van der Waals surface area contributed by atoms with Gasteiger partial charge < -0.3 is 15.1 Å². The van der Waals surface area contributed by atoms with Crippen LogP contribution in [0.5, 0.6) is 0 Å². The van der Waals surface area contributed by atoms with Crippen molar-refractivity contribution in [1.29, 1.82) is 0 Å². The molecule has 0 spiro atoms. The molecule has 0 saturated carbocycles. The first-order valence-electron chi connectivity index (χ1n) is 9.13. The summed E-state index contributed by atoms with van der Waals surface area (Å²) in [5.41, 5.74) is 3.27. The standard InChI is InChI=1S/C21H19N5O3/c27-20(22-12-17-4-3-11-29-17)13-23-21(28)16-9-7-15(8-10-16)14-26-19-6-2-1-5-18(19)24-25-26/h1-11H,12-14H2,(H,22,27)(H,23,28). The minimum absolute atomic E-state index is 0.105. The van der Waals surface area contributed by atoms with E-state index < -0.39 is 0 Å². The molecule has 0 unspecified atom stereocenters. The van der Waals surface area contributed by atoms with Gasteiger partial charge in [-0.2, -0.15) is 0 Å². The first-order valence-corrected chi connectivity index (χ1v) is 9.13. The maximum absolute atomic E-state index is 12.2. The smallest absolute Gasteiger partial charge is 0.251 e.